The van der Waals surface area contributed by atoms with Crippen LogP contribution in [0.15, 0.2) is 11.2 Å². The smallest absolute Gasteiger partial charge is 0.225 e. The highest BCUT2D eigenvalue weighted by Crippen LogP contribution is 2.53. The number of aryl methyl sites for hydroxylation is 1. The Morgan fingerprint density at radius 1 is 1.18 bits per heavy atom. The average molecular weight is 469 g/mol. The predicted octanol–water partition coefficient (Wildman–Crippen LogP) is 3.92. The number of amides is 1. The van der Waals surface area contributed by atoms with Crippen LogP contribution in [0.5, 0.6) is 0 Å². The topological polar surface area (TPSA) is 87.8 Å². The van der Waals surface area contributed by atoms with Crippen molar-refractivity contribution < 1.29 is 14.7 Å². The van der Waals surface area contributed by atoms with E-state index in [4.69, 9.17) is 0 Å². The van der Waals surface area contributed by atoms with Gasteiger partial charge in [-0.15, -0.1) is 0 Å². The first-order valence-electron chi connectivity index (χ1n) is 13.4. The molecule has 0 bridgehead atoms. The normalized spacial score (nSPS) is 30.0. The zero-order valence-corrected chi connectivity index (χ0v) is 20.8. The summed E-state index contributed by atoms with van der Waals surface area (Å²) >= 11 is 0. The van der Waals surface area contributed by atoms with Gasteiger partial charge in [0.25, 0.3) is 0 Å². The van der Waals surface area contributed by atoms with Crippen molar-refractivity contribution in [1.82, 2.24) is 14.7 Å². The van der Waals surface area contributed by atoms with E-state index >= 15 is 0 Å². The van der Waals surface area contributed by atoms with Gasteiger partial charge >= 0.3 is 0 Å². The molecule has 34 heavy (non-hydrogen) atoms. The largest absolute Gasteiger partial charge is 0.389 e. The molecule has 1 spiro atoms. The van der Waals surface area contributed by atoms with E-state index in [-0.39, 0.29) is 23.0 Å². The van der Waals surface area contributed by atoms with E-state index < -0.39 is 11.6 Å². The molecule has 2 saturated carbocycles. The molecule has 5 rings (SSSR count). The Bertz CT molecular complexity index is 957. The number of aliphatic imine (C=N–C) groups is 1. The zero-order valence-electron chi connectivity index (χ0n) is 20.8. The Kier molecular flexibility index (Phi) is 6.42. The number of aromatic nitrogens is 2. The first-order valence-corrected chi connectivity index (χ1v) is 13.4. The first-order chi connectivity index (χ1) is 16.3. The fraction of sp³-hybridized carbons (Fsp3) is 0.778. The molecule has 0 radical (unpaired) electrons. The minimum atomic E-state index is -0.989. The van der Waals surface area contributed by atoms with Crippen LogP contribution in [0.3, 0.4) is 0 Å². The summed E-state index contributed by atoms with van der Waals surface area (Å²) < 4.78 is 1.64. The molecule has 2 aliphatic heterocycles. The van der Waals surface area contributed by atoms with Crippen molar-refractivity contribution in [2.45, 2.75) is 95.6 Å². The van der Waals surface area contributed by atoms with Gasteiger partial charge in [-0.25, -0.2) is 0 Å². The minimum absolute atomic E-state index is 0.0415. The van der Waals surface area contributed by atoms with Crippen molar-refractivity contribution in [2.75, 3.05) is 13.1 Å². The second kappa shape index (κ2) is 9.21. The Morgan fingerprint density at radius 3 is 2.65 bits per heavy atom. The Balaban J connectivity index is 1.29. The van der Waals surface area contributed by atoms with Gasteiger partial charge < -0.3 is 10.0 Å². The number of piperidine rings is 1. The van der Waals surface area contributed by atoms with Crippen LogP contribution in [0.25, 0.3) is 0 Å². The summed E-state index contributed by atoms with van der Waals surface area (Å²) in [5, 5.41) is 16.4. The fourth-order valence-corrected chi connectivity index (χ4v) is 7.35. The zero-order chi connectivity index (χ0) is 23.9. The average Bonchev–Trinajstić information content (AvgIpc) is 3.45. The van der Waals surface area contributed by atoms with Gasteiger partial charge in [0.1, 0.15) is 11.7 Å². The molecule has 1 aromatic heterocycles. The third-order valence-corrected chi connectivity index (χ3v) is 9.30. The second-order valence-electron chi connectivity index (χ2n) is 11.6. The molecule has 0 aromatic carbocycles. The number of Topliss-reactive ketones (excluding diaryl/α,β-unsaturated/α-hetero) is 1. The molecule has 7 heteroatoms. The van der Waals surface area contributed by atoms with Crippen LogP contribution in [-0.2, 0) is 11.8 Å². The molecule has 1 aromatic rings. The highest BCUT2D eigenvalue weighted by atomic mass is 16.3. The summed E-state index contributed by atoms with van der Waals surface area (Å²) in [6, 6.07) is -0.600. The lowest BCUT2D eigenvalue weighted by Gasteiger charge is -2.53. The lowest BCUT2D eigenvalue weighted by Crippen LogP contribution is -2.61. The molecule has 3 atom stereocenters. The summed E-state index contributed by atoms with van der Waals surface area (Å²) in [6.45, 7) is 3.27. The quantitative estimate of drug-likeness (QED) is 0.709. The van der Waals surface area contributed by atoms with Crippen LogP contribution in [0.4, 0.5) is 0 Å². The molecule has 4 aliphatic rings. The highest BCUT2D eigenvalue weighted by Gasteiger charge is 2.56. The summed E-state index contributed by atoms with van der Waals surface area (Å²) in [5.41, 5.74) is -0.128. The third-order valence-electron chi connectivity index (χ3n) is 9.30. The number of ketones is 1. The number of hydrogen-bond acceptors (Lipinski definition) is 5. The van der Waals surface area contributed by atoms with Crippen molar-refractivity contribution in [1.29, 1.82) is 0 Å². The molecule has 2 aliphatic carbocycles. The summed E-state index contributed by atoms with van der Waals surface area (Å²) in [6.07, 6.45) is 15.7. The lowest BCUT2D eigenvalue weighted by atomic mass is 9.63. The van der Waals surface area contributed by atoms with E-state index in [0.29, 0.717) is 37.5 Å². The maximum absolute atomic E-state index is 13.5. The second-order valence-corrected chi connectivity index (χ2v) is 11.6. The summed E-state index contributed by atoms with van der Waals surface area (Å²) in [5.74, 6) is 0.879. The van der Waals surface area contributed by atoms with Crippen LogP contribution < -0.4 is 0 Å². The lowest BCUT2D eigenvalue weighted by molar-refractivity contribution is -0.161. The maximum atomic E-state index is 13.5. The van der Waals surface area contributed by atoms with Gasteiger partial charge in [-0.3, -0.25) is 19.3 Å². The molecule has 3 fully saturated rings. The highest BCUT2D eigenvalue weighted by molar-refractivity contribution is 6.08. The number of carbonyl (C=O) groups excluding carboxylic acids is 2. The molecule has 1 amide bonds. The Labute approximate surface area is 203 Å². The standard InChI is InChI=1S/C27H40N4O3/c1-19(14-20-8-4-3-5-9-20)25(33)31-13-12-27(34,26(18-31)10-6-7-11-26)15-22-24(32)23-21(16-28-22)17-30(2)29-23/h16-17,19-20,22,34H,3-15,18H2,1-2H3/t19-,22?,27?/m1/s1. The number of nitrogens with zero attached hydrogens (tertiary/aromatic N) is 4. The van der Waals surface area contributed by atoms with Gasteiger partial charge in [0, 0.05) is 55.9 Å². The number of carbonyl (C=O) groups is 2. The van der Waals surface area contributed by atoms with E-state index in [1.54, 1.807) is 24.1 Å². The predicted molar refractivity (Wildman–Crippen MR) is 131 cm³/mol. The van der Waals surface area contributed by atoms with E-state index in [1.807, 2.05) is 4.90 Å². The van der Waals surface area contributed by atoms with Crippen LogP contribution >= 0.6 is 0 Å². The molecular formula is C27H40N4O3. The molecule has 1 saturated heterocycles. The van der Waals surface area contributed by atoms with Crippen LogP contribution in [-0.4, -0.2) is 62.4 Å². The molecule has 2 unspecified atom stereocenters. The van der Waals surface area contributed by atoms with Gasteiger partial charge in [-0.2, -0.15) is 5.10 Å². The van der Waals surface area contributed by atoms with Gasteiger partial charge in [0.2, 0.25) is 11.7 Å². The van der Waals surface area contributed by atoms with Crippen molar-refractivity contribution in [2.24, 2.45) is 29.3 Å². The third kappa shape index (κ3) is 4.25. The monoisotopic (exact) mass is 468 g/mol. The van der Waals surface area contributed by atoms with Crippen molar-refractivity contribution in [3.8, 4) is 0 Å². The number of hydrogen-bond donors (Lipinski definition) is 1. The number of fused-ring (bicyclic) bond motifs is 1. The van der Waals surface area contributed by atoms with Crippen LogP contribution in [0.1, 0.15) is 100 Å². The molecular weight excluding hydrogens is 428 g/mol. The molecule has 1 N–H and O–H groups in total. The SMILES string of the molecule is C[C@H](CC1CCCCC1)C(=O)N1CCC(O)(CC2N=Cc3cn(C)nc3C2=O)C2(CCCC2)C1. The van der Waals surface area contributed by atoms with Crippen molar-refractivity contribution in [3.63, 3.8) is 0 Å². The summed E-state index contributed by atoms with van der Waals surface area (Å²) in [7, 11) is 1.80. The Morgan fingerprint density at radius 2 is 1.91 bits per heavy atom. The summed E-state index contributed by atoms with van der Waals surface area (Å²) in [4.78, 5) is 33.2. The van der Waals surface area contributed by atoms with Gasteiger partial charge in [0.05, 0.1) is 5.60 Å². The van der Waals surface area contributed by atoms with Crippen molar-refractivity contribution >= 4 is 17.9 Å². The number of likely N-dealkylation sites (tertiary alicyclic amines) is 1. The van der Waals surface area contributed by atoms with Crippen molar-refractivity contribution in [3.05, 3.63) is 17.5 Å². The minimum Gasteiger partial charge on any atom is -0.389 e. The van der Waals surface area contributed by atoms with E-state index in [1.165, 1.54) is 32.1 Å². The number of aliphatic hydroxyl groups is 1. The molecule has 7 nitrogen and oxygen atoms in total. The van der Waals surface area contributed by atoms with E-state index in [9.17, 15) is 14.7 Å². The Hall–Kier alpha value is -2.02. The van der Waals surface area contributed by atoms with E-state index in [2.05, 4.69) is 17.0 Å². The van der Waals surface area contributed by atoms with Gasteiger partial charge in [0.15, 0.2) is 0 Å². The van der Waals surface area contributed by atoms with E-state index in [0.717, 1.165) is 37.7 Å². The van der Waals surface area contributed by atoms with Gasteiger partial charge in [-0.05, 0) is 31.6 Å². The molecule has 186 valence electrons. The van der Waals surface area contributed by atoms with Gasteiger partial charge in [-0.1, -0.05) is 51.9 Å². The van der Waals surface area contributed by atoms with Crippen LogP contribution in [0.2, 0.25) is 0 Å². The maximum Gasteiger partial charge on any atom is 0.225 e. The fourth-order valence-electron chi connectivity index (χ4n) is 7.35. The first kappa shape index (κ1) is 23.7. The molecule has 3 heterocycles. The number of rotatable bonds is 5. The van der Waals surface area contributed by atoms with Crippen LogP contribution in [0, 0.1) is 17.3 Å².